The average molecular weight is 835 g/mol. The van der Waals surface area contributed by atoms with Gasteiger partial charge in [0.1, 0.15) is 17.5 Å². The van der Waals surface area contributed by atoms with Crippen molar-refractivity contribution in [3.8, 4) is 0 Å². The van der Waals surface area contributed by atoms with Gasteiger partial charge in [-0.25, -0.2) is 9.78 Å². The summed E-state index contributed by atoms with van der Waals surface area (Å²) in [6, 6.07) is 0. The van der Waals surface area contributed by atoms with Gasteiger partial charge < -0.3 is 23.2 Å². The van der Waals surface area contributed by atoms with E-state index in [-0.39, 0.29) is 41.3 Å². The summed E-state index contributed by atoms with van der Waals surface area (Å²) in [5.41, 5.74) is -0.215. The second kappa shape index (κ2) is 20.0. The lowest BCUT2D eigenvalue weighted by atomic mass is 9.73. The number of rotatable bonds is 20. The minimum Gasteiger partial charge on any atom is -0.458 e. The minimum atomic E-state index is -2.51. The normalized spacial score (nSPS) is 16.3. The molecule has 1 heterocycles. The third kappa shape index (κ3) is 15.1. The summed E-state index contributed by atoms with van der Waals surface area (Å²) in [7, 11) is -4.79. The number of thiazole rings is 1. The molecule has 0 spiro atoms. The van der Waals surface area contributed by atoms with Gasteiger partial charge in [0.25, 0.3) is 0 Å². The molecule has 5 atom stereocenters. The minimum absolute atomic E-state index is 0.0321. The zero-order valence-electron chi connectivity index (χ0n) is 38.6. The maximum absolute atomic E-state index is 14.9. The standard InChI is InChI=1S/C44H78N2O7SSi2/c1-22-25-46(40(49)51-41(7,8)9)26-24-35(31(4)27-34-29-54-33(6)45-34)50-37(47)28-36(52-55(18,19)42(10,11)12)44(16,17)39(48)32(5)38(30(3)23-2)53-56(20,21)43(13,14)15/h22-23,27,29-30,32,35-36,38H,1-2,24-26,28H2,3-21H3/b31-27+/t30-,32+,35-,36-,38-/m0/s1. The summed E-state index contributed by atoms with van der Waals surface area (Å²) >= 11 is 1.54. The highest BCUT2D eigenvalue weighted by atomic mass is 32.1. The van der Waals surface area contributed by atoms with Gasteiger partial charge in [0.05, 0.1) is 29.3 Å². The van der Waals surface area contributed by atoms with Crippen LogP contribution in [-0.2, 0) is 27.9 Å². The Hall–Kier alpha value is -2.39. The van der Waals surface area contributed by atoms with E-state index in [4.69, 9.17) is 18.3 Å². The Labute approximate surface area is 347 Å². The van der Waals surface area contributed by atoms with Gasteiger partial charge in [0.2, 0.25) is 0 Å². The zero-order valence-corrected chi connectivity index (χ0v) is 41.4. The Morgan fingerprint density at radius 1 is 0.911 bits per heavy atom. The number of hydrogen-bond donors (Lipinski definition) is 0. The monoisotopic (exact) mass is 835 g/mol. The van der Waals surface area contributed by atoms with Gasteiger partial charge in [-0.1, -0.05) is 81.4 Å². The lowest BCUT2D eigenvalue weighted by Crippen LogP contribution is -2.54. The van der Waals surface area contributed by atoms with E-state index in [1.54, 1.807) is 11.0 Å². The van der Waals surface area contributed by atoms with E-state index in [9.17, 15) is 14.4 Å². The Bertz CT molecular complexity index is 1530. The molecule has 0 saturated carbocycles. The molecule has 320 valence electrons. The van der Waals surface area contributed by atoms with Crippen LogP contribution < -0.4 is 0 Å². The van der Waals surface area contributed by atoms with Crippen molar-refractivity contribution in [2.24, 2.45) is 17.3 Å². The van der Waals surface area contributed by atoms with Crippen LogP contribution in [0.25, 0.3) is 6.08 Å². The number of Topliss-reactive ketones (excluding diaryl/α,β-unsaturated/α-hetero) is 1. The largest absolute Gasteiger partial charge is 0.458 e. The molecular formula is C44H78N2O7SSi2. The number of carbonyl (C=O) groups excluding carboxylic acids is 3. The number of ketones is 1. The fourth-order valence-electron chi connectivity index (χ4n) is 5.71. The van der Waals surface area contributed by atoms with Crippen molar-refractivity contribution in [2.75, 3.05) is 13.1 Å². The van der Waals surface area contributed by atoms with Crippen LogP contribution in [0.5, 0.6) is 0 Å². The molecule has 0 aliphatic rings. The first-order valence-corrected chi connectivity index (χ1v) is 26.8. The Morgan fingerprint density at radius 2 is 1.45 bits per heavy atom. The van der Waals surface area contributed by atoms with Crippen LogP contribution in [0.3, 0.4) is 0 Å². The molecule has 0 aliphatic carbocycles. The summed E-state index contributed by atoms with van der Waals surface area (Å²) in [5.74, 6) is -1.11. The van der Waals surface area contributed by atoms with Crippen molar-refractivity contribution in [3.05, 3.63) is 47.0 Å². The van der Waals surface area contributed by atoms with Gasteiger partial charge in [0, 0.05) is 36.2 Å². The first-order valence-electron chi connectivity index (χ1n) is 20.1. The van der Waals surface area contributed by atoms with Crippen LogP contribution in [0.4, 0.5) is 4.79 Å². The summed E-state index contributed by atoms with van der Waals surface area (Å²) < 4.78 is 26.0. The van der Waals surface area contributed by atoms with Crippen molar-refractivity contribution >= 4 is 51.9 Å². The van der Waals surface area contributed by atoms with Gasteiger partial charge in [0.15, 0.2) is 16.6 Å². The molecule has 1 aromatic heterocycles. The van der Waals surface area contributed by atoms with Gasteiger partial charge in [-0.3, -0.25) is 9.59 Å². The number of ether oxygens (including phenoxy) is 2. The van der Waals surface area contributed by atoms with Crippen LogP contribution in [0.15, 0.2) is 36.3 Å². The Kier molecular flexibility index (Phi) is 18.5. The van der Waals surface area contributed by atoms with E-state index < -0.39 is 63.9 Å². The van der Waals surface area contributed by atoms with E-state index in [0.717, 1.165) is 16.3 Å². The van der Waals surface area contributed by atoms with Crippen LogP contribution in [0, 0.1) is 24.2 Å². The van der Waals surface area contributed by atoms with Gasteiger partial charge in [-0.2, -0.15) is 0 Å². The lowest BCUT2D eigenvalue weighted by molar-refractivity contribution is -0.153. The Balaban J connectivity index is 3.67. The summed E-state index contributed by atoms with van der Waals surface area (Å²) in [6.07, 6.45) is 3.26. The molecule has 0 aromatic carbocycles. The van der Waals surface area contributed by atoms with E-state index in [1.165, 1.54) is 11.3 Å². The van der Waals surface area contributed by atoms with Gasteiger partial charge >= 0.3 is 12.1 Å². The van der Waals surface area contributed by atoms with E-state index in [0.29, 0.717) is 6.42 Å². The molecule has 1 amide bonds. The van der Waals surface area contributed by atoms with Gasteiger partial charge in [-0.15, -0.1) is 24.5 Å². The highest BCUT2D eigenvalue weighted by Crippen LogP contribution is 2.44. The van der Waals surface area contributed by atoms with E-state index in [1.807, 2.05) is 79.8 Å². The Morgan fingerprint density at radius 3 is 1.89 bits per heavy atom. The van der Waals surface area contributed by atoms with Crippen molar-refractivity contribution in [1.29, 1.82) is 0 Å². The molecule has 0 N–H and O–H groups in total. The smallest absolute Gasteiger partial charge is 0.410 e. The van der Waals surface area contributed by atoms with Crippen LogP contribution >= 0.6 is 11.3 Å². The number of nitrogens with zero attached hydrogens (tertiary/aromatic N) is 2. The molecule has 1 rings (SSSR count). The third-order valence-corrected chi connectivity index (χ3v) is 21.3. The molecule has 56 heavy (non-hydrogen) atoms. The summed E-state index contributed by atoms with van der Waals surface area (Å²) in [4.78, 5) is 48.4. The van der Waals surface area contributed by atoms with Crippen molar-refractivity contribution < 1.29 is 32.7 Å². The number of aromatic nitrogens is 1. The number of hydrogen-bond acceptors (Lipinski definition) is 9. The summed E-state index contributed by atoms with van der Waals surface area (Å²) in [6.45, 7) is 47.1. The van der Waals surface area contributed by atoms with Crippen LogP contribution in [-0.4, -0.2) is 81.4 Å². The molecule has 0 aliphatic heterocycles. The molecule has 0 bridgehead atoms. The van der Waals surface area contributed by atoms with Crippen LogP contribution in [0.1, 0.15) is 120 Å². The summed E-state index contributed by atoms with van der Waals surface area (Å²) in [5, 5.41) is 2.63. The molecular weight excluding hydrogens is 757 g/mol. The maximum atomic E-state index is 14.9. The van der Waals surface area contributed by atoms with Crippen molar-refractivity contribution in [1.82, 2.24) is 9.88 Å². The van der Waals surface area contributed by atoms with E-state index in [2.05, 4.69) is 85.9 Å². The molecule has 0 saturated heterocycles. The first kappa shape index (κ1) is 51.6. The molecule has 0 radical (unpaired) electrons. The van der Waals surface area contributed by atoms with Crippen LogP contribution in [0.2, 0.25) is 36.3 Å². The molecule has 1 aromatic rings. The maximum Gasteiger partial charge on any atom is 0.410 e. The van der Waals surface area contributed by atoms with E-state index >= 15 is 0 Å². The quantitative estimate of drug-likeness (QED) is 0.0727. The predicted octanol–water partition coefficient (Wildman–Crippen LogP) is 11.8. The second-order valence-electron chi connectivity index (χ2n) is 20.0. The number of amides is 1. The first-order chi connectivity index (χ1) is 25.2. The SMILES string of the molecule is C=CCN(CC[C@H](OC(=O)C[C@H](O[Si](C)(C)C(C)(C)C)C(C)(C)C(=O)[C@H](C)[C@@H](O[Si](C)(C)C(C)(C)C)[C@@H](C)C=C)/C(C)=C/c1csc(C)n1)C(=O)OC(C)(C)C. The fraction of sp³-hybridized carbons (Fsp3) is 0.727. The molecule has 12 heteroatoms. The lowest BCUT2D eigenvalue weighted by Gasteiger charge is -2.46. The third-order valence-electron chi connectivity index (χ3n) is 11.5. The zero-order chi connectivity index (χ0) is 43.8. The number of carbonyl (C=O) groups is 3. The molecule has 0 fully saturated rings. The van der Waals surface area contributed by atoms with Crippen molar-refractivity contribution in [3.63, 3.8) is 0 Å². The number of aryl methyl sites for hydroxylation is 1. The van der Waals surface area contributed by atoms with Gasteiger partial charge in [-0.05, 0) is 88.5 Å². The average Bonchev–Trinajstić information content (AvgIpc) is 3.45. The van der Waals surface area contributed by atoms with Crippen molar-refractivity contribution in [2.45, 2.75) is 177 Å². The molecule has 9 nitrogen and oxygen atoms in total. The molecule has 0 unspecified atom stereocenters. The number of esters is 1. The highest BCUT2D eigenvalue weighted by molar-refractivity contribution is 7.09. The topological polar surface area (TPSA) is 104 Å². The fourth-order valence-corrected chi connectivity index (χ4v) is 9.18. The highest BCUT2D eigenvalue weighted by Gasteiger charge is 2.50. The predicted molar refractivity (Wildman–Crippen MR) is 239 cm³/mol. The second-order valence-corrected chi connectivity index (χ2v) is 30.6.